The highest BCUT2D eigenvalue weighted by atomic mass is 15.1. The van der Waals surface area contributed by atoms with Crippen LogP contribution in [0.4, 0.5) is 0 Å². The molecule has 11 heavy (non-hydrogen) atoms. The summed E-state index contributed by atoms with van der Waals surface area (Å²) in [5.41, 5.74) is 0. The molecule has 2 nitrogen and oxygen atoms in total. The van der Waals surface area contributed by atoms with Crippen LogP contribution in [0.2, 0.25) is 0 Å². The van der Waals surface area contributed by atoms with Crippen LogP contribution in [0, 0.1) is 11.8 Å². The van der Waals surface area contributed by atoms with E-state index in [0.717, 1.165) is 17.9 Å². The number of hydrogen-bond acceptors (Lipinski definition) is 2. The van der Waals surface area contributed by atoms with Crippen molar-refractivity contribution in [1.29, 1.82) is 0 Å². The quantitative estimate of drug-likeness (QED) is 0.593. The van der Waals surface area contributed by atoms with Gasteiger partial charge in [0.2, 0.25) is 0 Å². The molecular weight excluding hydrogens is 136 g/mol. The highest BCUT2D eigenvalue weighted by Gasteiger charge is 2.39. The fraction of sp³-hybridized carbons (Fsp3) is 1.00. The average molecular weight is 154 g/mol. The zero-order chi connectivity index (χ0) is 7.84. The standard InChI is InChI=1S/C9H18N2/c1-11(2)9-4-3-7-5-10-6-8(7)9/h7-10H,3-6H2,1-2H3/t7?,8?,9-/m0/s1. The van der Waals surface area contributed by atoms with E-state index < -0.39 is 0 Å². The minimum absolute atomic E-state index is 0.856. The predicted octanol–water partition coefficient (Wildman–Crippen LogP) is 0.546. The summed E-state index contributed by atoms with van der Waals surface area (Å²) in [6, 6.07) is 0.856. The van der Waals surface area contributed by atoms with E-state index in [1.165, 1.54) is 25.9 Å². The summed E-state index contributed by atoms with van der Waals surface area (Å²) in [4.78, 5) is 2.40. The van der Waals surface area contributed by atoms with Gasteiger partial charge in [-0.2, -0.15) is 0 Å². The summed E-state index contributed by atoms with van der Waals surface area (Å²) in [5, 5.41) is 3.48. The van der Waals surface area contributed by atoms with E-state index in [4.69, 9.17) is 0 Å². The molecule has 64 valence electrons. The first-order chi connectivity index (χ1) is 5.29. The molecule has 0 bridgehead atoms. The molecule has 0 spiro atoms. The van der Waals surface area contributed by atoms with Crippen LogP contribution in [0.5, 0.6) is 0 Å². The van der Waals surface area contributed by atoms with Gasteiger partial charge in [-0.1, -0.05) is 0 Å². The molecular formula is C9H18N2. The van der Waals surface area contributed by atoms with Gasteiger partial charge in [-0.25, -0.2) is 0 Å². The molecule has 1 aliphatic carbocycles. The van der Waals surface area contributed by atoms with Crippen LogP contribution in [-0.2, 0) is 0 Å². The Kier molecular flexibility index (Phi) is 1.90. The topological polar surface area (TPSA) is 15.3 Å². The minimum atomic E-state index is 0.856. The van der Waals surface area contributed by atoms with Gasteiger partial charge >= 0.3 is 0 Å². The van der Waals surface area contributed by atoms with Crippen LogP contribution >= 0.6 is 0 Å². The van der Waals surface area contributed by atoms with Crippen molar-refractivity contribution in [2.24, 2.45) is 11.8 Å². The molecule has 2 fully saturated rings. The van der Waals surface area contributed by atoms with Gasteiger partial charge in [-0.15, -0.1) is 0 Å². The van der Waals surface area contributed by atoms with E-state index >= 15 is 0 Å². The van der Waals surface area contributed by atoms with Crippen LogP contribution in [0.1, 0.15) is 12.8 Å². The van der Waals surface area contributed by atoms with Crippen LogP contribution in [0.25, 0.3) is 0 Å². The van der Waals surface area contributed by atoms with Crippen molar-refractivity contribution in [2.75, 3.05) is 27.2 Å². The lowest BCUT2D eigenvalue weighted by molar-refractivity contribution is 0.236. The Morgan fingerprint density at radius 1 is 1.18 bits per heavy atom. The summed E-state index contributed by atoms with van der Waals surface area (Å²) in [5.74, 6) is 1.94. The normalized spacial score (nSPS) is 43.4. The SMILES string of the molecule is CN(C)[C@H]1CCC2CNCC21. The molecule has 2 rings (SSSR count). The highest BCUT2D eigenvalue weighted by molar-refractivity contribution is 4.95. The summed E-state index contributed by atoms with van der Waals surface area (Å²) in [6.07, 6.45) is 2.87. The third-order valence-corrected chi connectivity index (χ3v) is 3.38. The van der Waals surface area contributed by atoms with Gasteiger partial charge < -0.3 is 10.2 Å². The molecule has 2 unspecified atom stereocenters. The van der Waals surface area contributed by atoms with Crippen molar-refractivity contribution < 1.29 is 0 Å². The van der Waals surface area contributed by atoms with Gasteiger partial charge in [0.05, 0.1) is 0 Å². The van der Waals surface area contributed by atoms with Crippen molar-refractivity contribution >= 4 is 0 Å². The van der Waals surface area contributed by atoms with Gasteiger partial charge in [-0.05, 0) is 51.9 Å². The van der Waals surface area contributed by atoms with E-state index in [1.807, 2.05) is 0 Å². The monoisotopic (exact) mass is 154 g/mol. The van der Waals surface area contributed by atoms with Gasteiger partial charge in [-0.3, -0.25) is 0 Å². The molecule has 1 saturated heterocycles. The van der Waals surface area contributed by atoms with Crippen LogP contribution in [0.3, 0.4) is 0 Å². The fourth-order valence-electron chi connectivity index (χ4n) is 2.76. The Labute approximate surface area is 69.0 Å². The molecule has 1 heterocycles. The molecule has 0 aromatic carbocycles. The lowest BCUT2D eigenvalue weighted by Gasteiger charge is -2.24. The van der Waals surface area contributed by atoms with E-state index in [-0.39, 0.29) is 0 Å². The maximum absolute atomic E-state index is 3.48. The smallest absolute Gasteiger partial charge is 0.0133 e. The van der Waals surface area contributed by atoms with Crippen molar-refractivity contribution in [3.05, 3.63) is 0 Å². The Morgan fingerprint density at radius 3 is 2.73 bits per heavy atom. The number of nitrogens with zero attached hydrogens (tertiary/aromatic N) is 1. The Balaban J connectivity index is 2.03. The maximum Gasteiger partial charge on any atom is 0.0133 e. The zero-order valence-electron chi connectivity index (χ0n) is 7.51. The highest BCUT2D eigenvalue weighted by Crippen LogP contribution is 2.36. The Hall–Kier alpha value is -0.0800. The average Bonchev–Trinajstić information content (AvgIpc) is 2.41. The fourth-order valence-corrected chi connectivity index (χ4v) is 2.76. The molecule has 0 amide bonds. The molecule has 1 saturated carbocycles. The second-order valence-electron chi connectivity index (χ2n) is 4.19. The minimum Gasteiger partial charge on any atom is -0.316 e. The van der Waals surface area contributed by atoms with E-state index in [2.05, 4.69) is 24.3 Å². The summed E-state index contributed by atoms with van der Waals surface area (Å²) in [7, 11) is 4.43. The van der Waals surface area contributed by atoms with E-state index in [0.29, 0.717) is 0 Å². The van der Waals surface area contributed by atoms with E-state index in [9.17, 15) is 0 Å². The predicted molar refractivity (Wildman–Crippen MR) is 46.6 cm³/mol. The number of nitrogens with one attached hydrogen (secondary N) is 1. The van der Waals surface area contributed by atoms with Crippen molar-refractivity contribution in [3.8, 4) is 0 Å². The summed E-state index contributed by atoms with van der Waals surface area (Å²) >= 11 is 0. The van der Waals surface area contributed by atoms with Crippen LogP contribution in [-0.4, -0.2) is 38.1 Å². The third-order valence-electron chi connectivity index (χ3n) is 3.38. The molecule has 0 aromatic heterocycles. The maximum atomic E-state index is 3.48. The zero-order valence-corrected chi connectivity index (χ0v) is 7.51. The first kappa shape index (κ1) is 7.56. The third kappa shape index (κ3) is 1.18. The first-order valence-electron chi connectivity index (χ1n) is 4.66. The Bertz CT molecular complexity index is 144. The van der Waals surface area contributed by atoms with Gasteiger partial charge in [0, 0.05) is 6.04 Å². The van der Waals surface area contributed by atoms with Gasteiger partial charge in [0.15, 0.2) is 0 Å². The first-order valence-corrected chi connectivity index (χ1v) is 4.66. The lowest BCUT2D eigenvalue weighted by atomic mass is 9.97. The summed E-state index contributed by atoms with van der Waals surface area (Å²) in [6.45, 7) is 2.53. The molecule has 2 heteroatoms. The molecule has 1 aliphatic heterocycles. The number of fused-ring (bicyclic) bond motifs is 1. The van der Waals surface area contributed by atoms with Crippen LogP contribution in [0.15, 0.2) is 0 Å². The molecule has 2 aliphatic rings. The van der Waals surface area contributed by atoms with Crippen LogP contribution < -0.4 is 5.32 Å². The van der Waals surface area contributed by atoms with Crippen molar-refractivity contribution in [1.82, 2.24) is 10.2 Å². The van der Waals surface area contributed by atoms with Gasteiger partial charge in [0.25, 0.3) is 0 Å². The second kappa shape index (κ2) is 2.76. The lowest BCUT2D eigenvalue weighted by Crippen LogP contribution is -2.34. The Morgan fingerprint density at radius 2 is 2.00 bits per heavy atom. The van der Waals surface area contributed by atoms with Crippen molar-refractivity contribution in [2.45, 2.75) is 18.9 Å². The molecule has 0 radical (unpaired) electrons. The largest absolute Gasteiger partial charge is 0.316 e. The second-order valence-corrected chi connectivity index (χ2v) is 4.19. The number of hydrogen-bond donors (Lipinski definition) is 1. The number of rotatable bonds is 1. The van der Waals surface area contributed by atoms with Gasteiger partial charge in [0.1, 0.15) is 0 Å². The molecule has 0 aromatic rings. The molecule has 3 atom stereocenters. The van der Waals surface area contributed by atoms with Crippen molar-refractivity contribution in [3.63, 3.8) is 0 Å². The summed E-state index contributed by atoms with van der Waals surface area (Å²) < 4.78 is 0. The molecule has 1 N–H and O–H groups in total. The van der Waals surface area contributed by atoms with E-state index in [1.54, 1.807) is 0 Å².